The van der Waals surface area contributed by atoms with Crippen molar-refractivity contribution in [3.8, 4) is 0 Å². The van der Waals surface area contributed by atoms with Gasteiger partial charge in [0.15, 0.2) is 0 Å². The van der Waals surface area contributed by atoms with Crippen molar-refractivity contribution in [1.82, 2.24) is 0 Å². The highest BCUT2D eigenvalue weighted by Gasteiger charge is 2.33. The number of aliphatic hydroxyl groups is 2. The van der Waals surface area contributed by atoms with E-state index in [4.69, 9.17) is 4.74 Å². The lowest BCUT2D eigenvalue weighted by Gasteiger charge is -2.35. The van der Waals surface area contributed by atoms with E-state index in [0.29, 0.717) is 11.8 Å². The quantitative estimate of drug-likeness (QED) is 0.385. The van der Waals surface area contributed by atoms with E-state index in [9.17, 15) is 15.0 Å². The summed E-state index contributed by atoms with van der Waals surface area (Å²) >= 11 is 0. The van der Waals surface area contributed by atoms with Crippen LogP contribution in [0.5, 0.6) is 0 Å². The molecule has 0 spiro atoms. The Morgan fingerprint density at radius 2 is 2.00 bits per heavy atom. The van der Waals surface area contributed by atoms with Crippen LogP contribution in [-0.2, 0) is 9.53 Å². The first-order valence-corrected chi connectivity index (χ1v) is 11.2. The normalized spacial score (nSPS) is 25.5. The summed E-state index contributed by atoms with van der Waals surface area (Å²) in [4.78, 5) is 11.4. The molecule has 0 aromatic rings. The third-order valence-corrected chi connectivity index (χ3v) is 6.73. The fourth-order valence-electron chi connectivity index (χ4n) is 4.76. The van der Waals surface area contributed by atoms with Crippen molar-refractivity contribution in [3.05, 3.63) is 34.4 Å². The average Bonchev–Trinajstić information content (AvgIpc) is 3.03. The standard InChI is InChI=1S/C25H40O4/c1-18(10-12-22-19(2)8-6-14-25(22,3)4)7-5-9-20(16-26)11-13-23-21(17-27)15-24(28)29-23/h7,11,21,23,26-27H,5-6,8-10,12-17H2,1-4H3/b18-7+,20-11-/t21?,23-/m1/s1. The Hall–Kier alpha value is -1.39. The fourth-order valence-corrected chi connectivity index (χ4v) is 4.76. The molecule has 2 rings (SSSR count). The van der Waals surface area contributed by atoms with Gasteiger partial charge in [-0.25, -0.2) is 0 Å². The summed E-state index contributed by atoms with van der Waals surface area (Å²) in [5.41, 5.74) is 5.96. The number of allylic oxidation sites excluding steroid dienone is 4. The summed E-state index contributed by atoms with van der Waals surface area (Å²) in [6.45, 7) is 9.26. The maximum atomic E-state index is 11.4. The van der Waals surface area contributed by atoms with E-state index in [0.717, 1.165) is 31.3 Å². The van der Waals surface area contributed by atoms with Crippen molar-refractivity contribution in [1.29, 1.82) is 0 Å². The minimum atomic E-state index is -0.262. The highest BCUT2D eigenvalue weighted by Crippen LogP contribution is 2.42. The van der Waals surface area contributed by atoms with Gasteiger partial charge in [0.1, 0.15) is 6.10 Å². The third-order valence-electron chi connectivity index (χ3n) is 6.73. The molecule has 29 heavy (non-hydrogen) atoms. The highest BCUT2D eigenvalue weighted by molar-refractivity contribution is 5.72. The van der Waals surface area contributed by atoms with Gasteiger partial charge in [0, 0.05) is 18.9 Å². The molecule has 4 heteroatoms. The lowest BCUT2D eigenvalue weighted by molar-refractivity contribution is -0.141. The zero-order valence-corrected chi connectivity index (χ0v) is 18.8. The molecule has 164 valence electrons. The van der Waals surface area contributed by atoms with Crippen LogP contribution in [0.3, 0.4) is 0 Å². The van der Waals surface area contributed by atoms with E-state index in [1.165, 1.54) is 24.8 Å². The van der Waals surface area contributed by atoms with E-state index >= 15 is 0 Å². The molecule has 0 aromatic heterocycles. The molecular weight excluding hydrogens is 364 g/mol. The second kappa shape index (κ2) is 11.1. The molecule has 1 unspecified atom stereocenters. The largest absolute Gasteiger partial charge is 0.462 e. The average molecular weight is 405 g/mol. The van der Waals surface area contributed by atoms with Crippen molar-refractivity contribution in [2.45, 2.75) is 91.6 Å². The number of hydrogen-bond donors (Lipinski definition) is 2. The summed E-state index contributed by atoms with van der Waals surface area (Å²) in [6, 6.07) is 0. The van der Waals surface area contributed by atoms with Crippen molar-refractivity contribution in [2.24, 2.45) is 11.3 Å². The summed E-state index contributed by atoms with van der Waals surface area (Å²) < 4.78 is 5.28. The third kappa shape index (κ3) is 7.11. The van der Waals surface area contributed by atoms with Gasteiger partial charge < -0.3 is 14.9 Å². The fraction of sp³-hybridized carbons (Fsp3) is 0.720. The number of cyclic esters (lactones) is 1. The van der Waals surface area contributed by atoms with Gasteiger partial charge in [-0.05, 0) is 69.8 Å². The van der Waals surface area contributed by atoms with Crippen molar-refractivity contribution in [3.63, 3.8) is 0 Å². The van der Waals surface area contributed by atoms with Gasteiger partial charge in [-0.3, -0.25) is 4.79 Å². The first-order valence-electron chi connectivity index (χ1n) is 11.2. The van der Waals surface area contributed by atoms with Crippen molar-refractivity contribution in [2.75, 3.05) is 13.2 Å². The van der Waals surface area contributed by atoms with E-state index in [2.05, 4.69) is 33.8 Å². The summed E-state index contributed by atoms with van der Waals surface area (Å²) in [5.74, 6) is -0.360. The molecule has 0 amide bonds. The van der Waals surface area contributed by atoms with Gasteiger partial charge in [-0.1, -0.05) is 42.7 Å². The van der Waals surface area contributed by atoms with E-state index in [1.54, 1.807) is 11.1 Å². The van der Waals surface area contributed by atoms with Crippen LogP contribution in [0.25, 0.3) is 0 Å². The molecule has 1 aliphatic carbocycles. The number of carbonyl (C=O) groups is 1. The first-order chi connectivity index (χ1) is 13.8. The summed E-state index contributed by atoms with van der Waals surface area (Å²) in [6.07, 6.45) is 12.7. The zero-order chi connectivity index (χ0) is 21.4. The Kier molecular flexibility index (Phi) is 9.16. The number of hydrogen-bond acceptors (Lipinski definition) is 4. The van der Waals surface area contributed by atoms with Crippen LogP contribution in [0, 0.1) is 11.3 Å². The maximum absolute atomic E-state index is 11.4. The zero-order valence-electron chi connectivity index (χ0n) is 18.8. The van der Waals surface area contributed by atoms with Crippen LogP contribution in [0.1, 0.15) is 85.5 Å². The molecular formula is C25H40O4. The van der Waals surface area contributed by atoms with Crippen molar-refractivity contribution >= 4 is 5.97 Å². The lowest BCUT2D eigenvalue weighted by Crippen LogP contribution is -2.20. The molecule has 1 heterocycles. The minimum Gasteiger partial charge on any atom is -0.462 e. The van der Waals surface area contributed by atoms with Gasteiger partial charge >= 0.3 is 5.97 Å². The molecule has 1 aliphatic heterocycles. The SMILES string of the molecule is CC1=C(CC/C(C)=C/CC/C(=C/C[C@H]2OC(=O)CC2CO)CO)C(C)(C)CCC1. The maximum Gasteiger partial charge on any atom is 0.306 e. The molecule has 1 saturated heterocycles. The number of rotatable bonds is 10. The van der Waals surface area contributed by atoms with Gasteiger partial charge in [0.05, 0.1) is 13.0 Å². The molecule has 2 atom stereocenters. The van der Waals surface area contributed by atoms with E-state index in [-0.39, 0.29) is 37.6 Å². The second-order valence-electron chi connectivity index (χ2n) is 9.52. The monoisotopic (exact) mass is 404 g/mol. The summed E-state index contributed by atoms with van der Waals surface area (Å²) in [7, 11) is 0. The van der Waals surface area contributed by atoms with Gasteiger partial charge in [0.25, 0.3) is 0 Å². The Bertz CT molecular complexity index is 654. The number of esters is 1. The second-order valence-corrected chi connectivity index (χ2v) is 9.52. The lowest BCUT2D eigenvalue weighted by atomic mass is 9.71. The molecule has 0 radical (unpaired) electrons. The van der Waals surface area contributed by atoms with Gasteiger partial charge in [0.2, 0.25) is 0 Å². The van der Waals surface area contributed by atoms with Crippen LogP contribution in [0.2, 0.25) is 0 Å². The molecule has 0 saturated carbocycles. The van der Waals surface area contributed by atoms with Gasteiger partial charge in [-0.2, -0.15) is 0 Å². The Labute approximate surface area is 176 Å². The number of carbonyl (C=O) groups excluding carboxylic acids is 1. The first kappa shape index (κ1) is 23.9. The predicted octanol–water partition coefficient (Wildman–Crippen LogP) is 5.25. The highest BCUT2D eigenvalue weighted by atomic mass is 16.6. The Morgan fingerprint density at radius 3 is 2.66 bits per heavy atom. The van der Waals surface area contributed by atoms with Crippen LogP contribution < -0.4 is 0 Å². The molecule has 2 aliphatic rings. The molecule has 4 nitrogen and oxygen atoms in total. The van der Waals surface area contributed by atoms with Crippen LogP contribution in [0.15, 0.2) is 34.4 Å². The van der Waals surface area contributed by atoms with Crippen LogP contribution in [-0.4, -0.2) is 35.5 Å². The van der Waals surface area contributed by atoms with Crippen LogP contribution in [0.4, 0.5) is 0 Å². The number of aliphatic hydroxyl groups excluding tert-OH is 2. The topological polar surface area (TPSA) is 66.8 Å². The Balaban J connectivity index is 1.81. The minimum absolute atomic E-state index is 0.0254. The molecule has 2 N–H and O–H groups in total. The smallest absolute Gasteiger partial charge is 0.306 e. The predicted molar refractivity (Wildman–Crippen MR) is 117 cm³/mol. The Morgan fingerprint density at radius 1 is 1.24 bits per heavy atom. The summed E-state index contributed by atoms with van der Waals surface area (Å²) in [5, 5.41) is 19.0. The number of ether oxygens (including phenoxy) is 1. The van der Waals surface area contributed by atoms with Crippen molar-refractivity contribution < 1.29 is 19.7 Å². The van der Waals surface area contributed by atoms with Gasteiger partial charge in [-0.15, -0.1) is 0 Å². The molecule has 0 aromatic carbocycles. The molecule has 0 bridgehead atoms. The van der Waals surface area contributed by atoms with Crippen LogP contribution >= 0.6 is 0 Å². The van der Waals surface area contributed by atoms with E-state index < -0.39 is 0 Å². The molecule has 1 fully saturated rings. The van der Waals surface area contributed by atoms with E-state index in [1.807, 2.05) is 6.08 Å².